The molecule has 4 aliphatic rings. The zero-order valence-corrected chi connectivity index (χ0v) is 18.4. The van der Waals surface area contributed by atoms with Crippen LogP contribution in [0.5, 0.6) is 0 Å². The van der Waals surface area contributed by atoms with Crippen LogP contribution in [0.25, 0.3) is 0 Å². The lowest BCUT2D eigenvalue weighted by Crippen LogP contribution is -2.71. The number of hydroxylamine groups is 2. The summed E-state index contributed by atoms with van der Waals surface area (Å²) in [6.07, 6.45) is -8.23. The number of halogens is 6. The molecule has 4 fully saturated rings. The van der Waals surface area contributed by atoms with Crippen LogP contribution in [0.4, 0.5) is 32.0 Å². The zero-order valence-electron chi connectivity index (χ0n) is 18.4. The Balaban J connectivity index is 0.000000180. The number of carbonyl (C=O) groups excluding carboxylic acids is 1. The predicted octanol–water partition coefficient (Wildman–Crippen LogP) is 2.27. The first kappa shape index (κ1) is 25.0. The number of ether oxygens (including phenoxy) is 1. The highest BCUT2D eigenvalue weighted by Crippen LogP contribution is 2.45. The lowest BCUT2D eigenvalue weighted by molar-refractivity contribution is -0.180. The van der Waals surface area contributed by atoms with Gasteiger partial charge in [-0.25, -0.2) is 0 Å². The molecule has 190 valence electrons. The van der Waals surface area contributed by atoms with Crippen LogP contribution < -0.4 is 15.5 Å². The summed E-state index contributed by atoms with van der Waals surface area (Å²) in [5.74, 6) is -0.0285. The van der Waals surface area contributed by atoms with Crippen molar-refractivity contribution in [2.75, 3.05) is 57.9 Å². The molecule has 0 bridgehead atoms. The first-order valence-corrected chi connectivity index (χ1v) is 10.8. The number of anilines is 1. The van der Waals surface area contributed by atoms with Crippen molar-refractivity contribution < 1.29 is 40.7 Å². The molecular weight excluding hydrogens is 470 g/mol. The van der Waals surface area contributed by atoms with Gasteiger partial charge in [-0.15, -0.1) is 0 Å². The fourth-order valence-electron chi connectivity index (χ4n) is 4.68. The van der Waals surface area contributed by atoms with Crippen LogP contribution >= 0.6 is 0 Å². The smallest absolute Gasteiger partial charge is 0.370 e. The Morgan fingerprint density at radius 3 is 2.38 bits per heavy atom. The van der Waals surface area contributed by atoms with E-state index >= 15 is 0 Å². The number of piperidine rings is 1. The highest BCUT2D eigenvalue weighted by Gasteiger charge is 2.50. The number of morpholine rings is 1. The van der Waals surface area contributed by atoms with E-state index in [9.17, 15) is 31.1 Å². The van der Waals surface area contributed by atoms with Gasteiger partial charge in [-0.2, -0.15) is 31.4 Å². The number of rotatable bonds is 2. The van der Waals surface area contributed by atoms with E-state index in [1.54, 1.807) is 7.11 Å². The standard InChI is InChI=1S/C13H12F6N2.C8H14N2O3/c14-12(15,16)8-1-2-9(13(17,18)19)10(3-8)21-6-11(7-21)4-20-5-11;1-12-10-3-2-7-6(4-10)9-8(11)5-13-7/h1-3,20H,4-7H2;6-7H,2-5H2,1H3,(H,9,11)/t;6-,7+/m.1/s1. The van der Waals surface area contributed by atoms with E-state index < -0.39 is 23.5 Å². The van der Waals surface area contributed by atoms with E-state index in [0.29, 0.717) is 50.9 Å². The second-order valence-corrected chi connectivity index (χ2v) is 9.07. The Kier molecular flexibility index (Phi) is 6.75. The molecule has 1 amide bonds. The molecule has 5 rings (SSSR count). The van der Waals surface area contributed by atoms with Gasteiger partial charge in [-0.1, -0.05) is 0 Å². The Bertz CT molecular complexity index is 897. The van der Waals surface area contributed by atoms with Gasteiger partial charge in [-0.3, -0.25) is 4.79 Å². The molecule has 0 radical (unpaired) electrons. The summed E-state index contributed by atoms with van der Waals surface area (Å²) < 4.78 is 82.4. The quantitative estimate of drug-likeness (QED) is 0.613. The number of alkyl halides is 6. The Morgan fingerprint density at radius 1 is 1.12 bits per heavy atom. The van der Waals surface area contributed by atoms with Gasteiger partial charge in [0, 0.05) is 50.4 Å². The molecule has 0 aliphatic carbocycles. The summed E-state index contributed by atoms with van der Waals surface area (Å²) in [4.78, 5) is 17.5. The van der Waals surface area contributed by atoms with Crippen molar-refractivity contribution in [2.24, 2.45) is 5.41 Å². The van der Waals surface area contributed by atoms with Gasteiger partial charge >= 0.3 is 12.4 Å². The monoisotopic (exact) mass is 496 g/mol. The number of fused-ring (bicyclic) bond motifs is 1. The highest BCUT2D eigenvalue weighted by atomic mass is 19.4. The maximum absolute atomic E-state index is 13.0. The number of carbonyl (C=O) groups is 1. The lowest BCUT2D eigenvalue weighted by atomic mass is 9.74. The normalized spacial score (nSPS) is 26.6. The number of hydrogen-bond donors (Lipinski definition) is 2. The summed E-state index contributed by atoms with van der Waals surface area (Å²) in [5, 5.41) is 7.77. The molecular formula is C21H26F6N4O3. The van der Waals surface area contributed by atoms with Gasteiger partial charge in [0.1, 0.15) is 6.61 Å². The van der Waals surface area contributed by atoms with Crippen LogP contribution in [0.1, 0.15) is 17.5 Å². The average molecular weight is 496 g/mol. The molecule has 4 heterocycles. The first-order valence-electron chi connectivity index (χ1n) is 10.8. The zero-order chi connectivity index (χ0) is 24.7. The van der Waals surface area contributed by atoms with Crippen molar-refractivity contribution >= 4 is 11.6 Å². The maximum atomic E-state index is 13.0. The fourth-order valence-corrected chi connectivity index (χ4v) is 4.68. The minimum absolute atomic E-state index is 0.0285. The van der Waals surface area contributed by atoms with Gasteiger partial charge in [0.2, 0.25) is 5.91 Å². The molecule has 2 atom stereocenters. The molecule has 1 spiro atoms. The molecule has 1 aromatic carbocycles. The molecule has 13 heteroatoms. The molecule has 1 aromatic rings. The van der Waals surface area contributed by atoms with Crippen molar-refractivity contribution in [3.05, 3.63) is 29.3 Å². The van der Waals surface area contributed by atoms with Crippen LogP contribution in [0.3, 0.4) is 0 Å². The third-order valence-electron chi connectivity index (χ3n) is 6.57. The molecule has 4 aliphatic heterocycles. The topological polar surface area (TPSA) is 66.1 Å². The number of nitrogens with zero attached hydrogens (tertiary/aromatic N) is 2. The Morgan fingerprint density at radius 2 is 1.82 bits per heavy atom. The van der Waals surface area contributed by atoms with Crippen LogP contribution in [-0.2, 0) is 26.7 Å². The van der Waals surface area contributed by atoms with Gasteiger partial charge in [0.25, 0.3) is 0 Å². The summed E-state index contributed by atoms with van der Waals surface area (Å²) in [6, 6.07) is 1.69. The first-order chi connectivity index (χ1) is 15.9. The second-order valence-electron chi connectivity index (χ2n) is 9.07. The number of amides is 1. The van der Waals surface area contributed by atoms with Crippen LogP contribution in [0, 0.1) is 5.41 Å². The fraction of sp³-hybridized carbons (Fsp3) is 0.667. The van der Waals surface area contributed by atoms with E-state index in [0.717, 1.165) is 13.0 Å². The highest BCUT2D eigenvalue weighted by molar-refractivity contribution is 5.78. The van der Waals surface area contributed by atoms with Crippen molar-refractivity contribution in [3.63, 3.8) is 0 Å². The number of benzene rings is 1. The number of nitrogens with one attached hydrogen (secondary N) is 2. The van der Waals surface area contributed by atoms with E-state index in [1.165, 1.54) is 4.90 Å². The second kappa shape index (κ2) is 9.17. The SMILES string of the molecule is CON1CC[C@@H]2OCC(=O)N[C@@H]2C1.FC(F)(F)c1ccc(C(F)(F)F)c(N2CC3(CNC3)C2)c1. The van der Waals surface area contributed by atoms with Gasteiger partial charge in [0.15, 0.2) is 0 Å². The molecule has 0 unspecified atom stereocenters. The molecule has 7 nitrogen and oxygen atoms in total. The molecule has 0 saturated carbocycles. The molecule has 2 N–H and O–H groups in total. The Labute approximate surface area is 192 Å². The van der Waals surface area contributed by atoms with Gasteiger partial charge in [0.05, 0.1) is 30.4 Å². The average Bonchev–Trinajstić information content (AvgIpc) is 2.70. The van der Waals surface area contributed by atoms with Crippen molar-refractivity contribution in [3.8, 4) is 0 Å². The number of hydrogen-bond acceptors (Lipinski definition) is 6. The minimum Gasteiger partial charge on any atom is -0.370 e. The third kappa shape index (κ3) is 5.26. The predicted molar refractivity (Wildman–Crippen MR) is 109 cm³/mol. The lowest BCUT2D eigenvalue weighted by Gasteiger charge is -2.57. The minimum atomic E-state index is -4.67. The molecule has 4 saturated heterocycles. The van der Waals surface area contributed by atoms with Crippen LogP contribution in [0.2, 0.25) is 0 Å². The van der Waals surface area contributed by atoms with Crippen LogP contribution in [0.15, 0.2) is 18.2 Å². The van der Waals surface area contributed by atoms with Crippen LogP contribution in [-0.4, -0.2) is 76.1 Å². The van der Waals surface area contributed by atoms with Crippen molar-refractivity contribution in [1.29, 1.82) is 0 Å². The Hall–Kier alpha value is -2.09. The summed E-state index contributed by atoms with van der Waals surface area (Å²) in [5.41, 5.74) is -2.53. The molecule has 34 heavy (non-hydrogen) atoms. The maximum Gasteiger partial charge on any atom is 0.418 e. The van der Waals surface area contributed by atoms with E-state index in [-0.39, 0.29) is 35.8 Å². The largest absolute Gasteiger partial charge is 0.418 e. The van der Waals surface area contributed by atoms with E-state index in [4.69, 9.17) is 9.57 Å². The van der Waals surface area contributed by atoms with Gasteiger partial charge in [-0.05, 0) is 24.6 Å². The summed E-state index contributed by atoms with van der Waals surface area (Å²) in [6.45, 7) is 3.89. The molecule has 0 aromatic heterocycles. The summed E-state index contributed by atoms with van der Waals surface area (Å²) in [7, 11) is 1.64. The van der Waals surface area contributed by atoms with Crippen molar-refractivity contribution in [1.82, 2.24) is 15.7 Å². The van der Waals surface area contributed by atoms with E-state index in [1.807, 2.05) is 5.06 Å². The van der Waals surface area contributed by atoms with E-state index in [2.05, 4.69) is 10.6 Å². The third-order valence-corrected chi connectivity index (χ3v) is 6.57. The summed E-state index contributed by atoms with van der Waals surface area (Å²) >= 11 is 0. The van der Waals surface area contributed by atoms with Gasteiger partial charge < -0.3 is 25.1 Å². The van der Waals surface area contributed by atoms with Crippen molar-refractivity contribution in [2.45, 2.75) is 30.9 Å².